The largest absolute Gasteiger partial charge is 0.506 e. The van der Waals surface area contributed by atoms with Crippen molar-refractivity contribution in [2.75, 3.05) is 0 Å². The number of aromatic hydroxyl groups is 1. The monoisotopic (exact) mass is 301 g/mol. The molecule has 0 saturated carbocycles. The molecule has 0 aromatic carbocycles. The maximum Gasteiger partial charge on any atom is 0.472 e. The molecule has 0 aliphatic rings. The number of aryl methyl sites for hydroxylation is 1. The van der Waals surface area contributed by atoms with Crippen LogP contribution in [0.15, 0.2) is 6.20 Å². The Balaban J connectivity index is 0.00000289. The predicted molar refractivity (Wildman–Crippen MR) is 61.9 cm³/mol. The summed E-state index contributed by atoms with van der Waals surface area (Å²) in [5, 5.41) is 28.0. The van der Waals surface area contributed by atoms with Gasteiger partial charge in [-0.25, -0.2) is 4.57 Å². The number of pyridine rings is 1. The van der Waals surface area contributed by atoms with E-state index in [9.17, 15) is 14.8 Å². The summed E-state index contributed by atoms with van der Waals surface area (Å²) < 4.78 is 14.6. The highest BCUT2D eigenvalue weighted by Crippen LogP contribution is 2.43. The molecule has 0 fully saturated rings. The summed E-state index contributed by atoms with van der Waals surface area (Å²) in [6.45, 7) is 0.849. The zero-order chi connectivity index (χ0) is 13.2. The van der Waals surface area contributed by atoms with E-state index in [0.717, 1.165) is 6.20 Å². The SMILES string of the molecule is Cc1ncc(CO)c(C(O)OP(=O)(O)O)c1O.Cl. The molecule has 104 valence electrons. The molecule has 0 radical (unpaired) electrons. The van der Waals surface area contributed by atoms with E-state index in [0.29, 0.717) is 0 Å². The zero-order valence-corrected chi connectivity index (χ0v) is 10.9. The van der Waals surface area contributed by atoms with Crippen molar-refractivity contribution in [2.24, 2.45) is 0 Å². The van der Waals surface area contributed by atoms with Crippen LogP contribution in [0.5, 0.6) is 5.75 Å². The van der Waals surface area contributed by atoms with Crippen LogP contribution in [-0.2, 0) is 15.7 Å². The lowest BCUT2D eigenvalue weighted by atomic mass is 10.1. The van der Waals surface area contributed by atoms with E-state index in [4.69, 9.17) is 14.9 Å². The zero-order valence-electron chi connectivity index (χ0n) is 9.22. The lowest BCUT2D eigenvalue weighted by Crippen LogP contribution is -2.07. The van der Waals surface area contributed by atoms with Gasteiger partial charge in [0.05, 0.1) is 17.9 Å². The van der Waals surface area contributed by atoms with Gasteiger partial charge in [-0.3, -0.25) is 9.51 Å². The first kappa shape index (κ1) is 17.3. The summed E-state index contributed by atoms with van der Waals surface area (Å²) >= 11 is 0. The van der Waals surface area contributed by atoms with Crippen LogP contribution >= 0.6 is 20.2 Å². The molecule has 5 N–H and O–H groups in total. The van der Waals surface area contributed by atoms with E-state index in [-0.39, 0.29) is 29.2 Å². The summed E-state index contributed by atoms with van der Waals surface area (Å²) in [5.74, 6) is -0.488. The summed E-state index contributed by atoms with van der Waals surface area (Å²) in [6, 6.07) is 0. The molecule has 0 saturated heterocycles. The van der Waals surface area contributed by atoms with Gasteiger partial charge in [0.1, 0.15) is 5.75 Å². The Kier molecular flexibility index (Phi) is 6.18. The second kappa shape index (κ2) is 6.44. The van der Waals surface area contributed by atoms with Crippen LogP contribution in [-0.4, -0.2) is 30.1 Å². The van der Waals surface area contributed by atoms with Crippen molar-refractivity contribution in [3.05, 3.63) is 23.0 Å². The number of nitrogens with zero attached hydrogens (tertiary/aromatic N) is 1. The Morgan fingerprint density at radius 3 is 2.50 bits per heavy atom. The number of hydrogen-bond donors (Lipinski definition) is 5. The molecular formula is C8H13ClNO7P. The van der Waals surface area contributed by atoms with Gasteiger partial charge in [-0.2, -0.15) is 0 Å². The third kappa shape index (κ3) is 4.18. The number of hydrogen-bond acceptors (Lipinski definition) is 6. The van der Waals surface area contributed by atoms with Gasteiger partial charge in [-0.05, 0) is 6.92 Å². The van der Waals surface area contributed by atoms with Crippen molar-refractivity contribution in [3.8, 4) is 5.75 Å². The number of phosphoric acid groups is 1. The summed E-state index contributed by atoms with van der Waals surface area (Å²) in [7, 11) is -4.92. The molecule has 1 atom stereocenters. The van der Waals surface area contributed by atoms with Crippen LogP contribution in [0.1, 0.15) is 23.1 Å². The smallest absolute Gasteiger partial charge is 0.472 e. The highest BCUT2D eigenvalue weighted by Gasteiger charge is 2.27. The van der Waals surface area contributed by atoms with E-state index in [2.05, 4.69) is 9.51 Å². The van der Waals surface area contributed by atoms with Crippen molar-refractivity contribution in [3.63, 3.8) is 0 Å². The summed E-state index contributed by atoms with van der Waals surface area (Å²) in [4.78, 5) is 20.8. The van der Waals surface area contributed by atoms with Crippen molar-refractivity contribution in [1.82, 2.24) is 4.98 Å². The van der Waals surface area contributed by atoms with Crippen molar-refractivity contribution < 1.29 is 34.2 Å². The molecule has 18 heavy (non-hydrogen) atoms. The van der Waals surface area contributed by atoms with Gasteiger partial charge in [0.2, 0.25) is 0 Å². The maximum atomic E-state index is 10.6. The molecule has 0 spiro atoms. The quantitative estimate of drug-likeness (QED) is 0.390. The Bertz CT molecular complexity index is 463. The van der Waals surface area contributed by atoms with E-state index in [1.807, 2.05) is 0 Å². The molecule has 8 nitrogen and oxygen atoms in total. The lowest BCUT2D eigenvalue weighted by Gasteiger charge is -2.17. The first-order chi connectivity index (χ1) is 7.76. The molecule has 0 aliphatic carbocycles. The van der Waals surface area contributed by atoms with Gasteiger partial charge in [0.15, 0.2) is 6.29 Å². The minimum absolute atomic E-state index is 0. The average Bonchev–Trinajstić information content (AvgIpc) is 2.19. The molecule has 0 amide bonds. The van der Waals surface area contributed by atoms with Gasteiger partial charge >= 0.3 is 7.82 Å². The first-order valence-electron chi connectivity index (χ1n) is 4.46. The summed E-state index contributed by atoms with van der Waals surface area (Å²) in [6.07, 6.45) is -0.893. The molecule has 1 heterocycles. The lowest BCUT2D eigenvalue weighted by molar-refractivity contribution is -0.0414. The molecule has 0 aliphatic heterocycles. The molecular weight excluding hydrogens is 289 g/mol. The predicted octanol–water partition coefficient (Wildman–Crippen LogP) is 0.110. The standard InChI is InChI=1S/C8H12NO7P.ClH/c1-4-7(11)6(5(3-10)2-9-4)8(12)16-17(13,14)15;/h2,8,10-12H,3H2,1H3,(H2,13,14,15);1H. The van der Waals surface area contributed by atoms with Crippen molar-refractivity contribution in [2.45, 2.75) is 19.8 Å². The van der Waals surface area contributed by atoms with Gasteiger partial charge in [-0.1, -0.05) is 0 Å². The molecule has 1 unspecified atom stereocenters. The minimum atomic E-state index is -4.92. The topological polar surface area (TPSA) is 140 Å². The third-order valence-corrected chi connectivity index (χ3v) is 2.49. The van der Waals surface area contributed by atoms with Crippen LogP contribution in [0.2, 0.25) is 0 Å². The fourth-order valence-electron chi connectivity index (χ4n) is 1.24. The number of phosphoric ester groups is 1. The highest BCUT2D eigenvalue weighted by atomic mass is 35.5. The molecule has 0 bridgehead atoms. The van der Waals surface area contributed by atoms with Crippen LogP contribution in [0.25, 0.3) is 0 Å². The minimum Gasteiger partial charge on any atom is -0.506 e. The first-order valence-corrected chi connectivity index (χ1v) is 5.99. The second-order valence-electron chi connectivity index (χ2n) is 3.24. The van der Waals surface area contributed by atoms with Crippen molar-refractivity contribution >= 4 is 20.2 Å². The van der Waals surface area contributed by atoms with Crippen LogP contribution in [0.4, 0.5) is 0 Å². The molecule has 1 aromatic heterocycles. The van der Waals surface area contributed by atoms with Gasteiger partial charge in [0, 0.05) is 11.8 Å². The highest BCUT2D eigenvalue weighted by molar-refractivity contribution is 7.46. The Morgan fingerprint density at radius 1 is 1.50 bits per heavy atom. The number of halogens is 1. The number of rotatable bonds is 4. The maximum absolute atomic E-state index is 10.6. The Labute approximate surface area is 109 Å². The normalized spacial score (nSPS) is 12.9. The Hall–Kier alpha value is -0.730. The number of aliphatic hydroxyl groups excluding tert-OH is 2. The van der Waals surface area contributed by atoms with Crippen molar-refractivity contribution in [1.29, 1.82) is 0 Å². The fourth-order valence-corrected chi connectivity index (χ4v) is 1.60. The number of aliphatic hydroxyl groups is 2. The molecule has 10 heteroatoms. The number of aromatic nitrogens is 1. The van der Waals surface area contributed by atoms with Crippen LogP contribution in [0, 0.1) is 6.92 Å². The third-order valence-electron chi connectivity index (χ3n) is 2.01. The van der Waals surface area contributed by atoms with E-state index >= 15 is 0 Å². The van der Waals surface area contributed by atoms with Crippen LogP contribution in [0.3, 0.4) is 0 Å². The van der Waals surface area contributed by atoms with E-state index < -0.39 is 26.5 Å². The van der Waals surface area contributed by atoms with Gasteiger partial charge in [-0.15, -0.1) is 12.4 Å². The Morgan fingerprint density at radius 2 is 2.06 bits per heavy atom. The molecule has 1 rings (SSSR count). The van der Waals surface area contributed by atoms with E-state index in [1.165, 1.54) is 6.92 Å². The second-order valence-corrected chi connectivity index (χ2v) is 4.43. The fraction of sp³-hybridized carbons (Fsp3) is 0.375. The average molecular weight is 302 g/mol. The van der Waals surface area contributed by atoms with Crippen LogP contribution < -0.4 is 0 Å². The van der Waals surface area contributed by atoms with E-state index in [1.54, 1.807) is 0 Å². The van der Waals surface area contributed by atoms with Gasteiger partial charge in [0.25, 0.3) is 0 Å². The molecule has 1 aromatic rings. The van der Waals surface area contributed by atoms with Gasteiger partial charge < -0.3 is 25.1 Å². The summed E-state index contributed by atoms with van der Waals surface area (Å²) in [5.41, 5.74) is -0.178.